The van der Waals surface area contributed by atoms with Crippen LogP contribution in [0.1, 0.15) is 44.2 Å². The van der Waals surface area contributed by atoms with E-state index in [1.54, 1.807) is 25.2 Å². The van der Waals surface area contributed by atoms with Crippen molar-refractivity contribution in [1.29, 1.82) is 0 Å². The van der Waals surface area contributed by atoms with Gasteiger partial charge in [0.25, 0.3) is 5.91 Å². The molecule has 2 aromatic carbocycles. The van der Waals surface area contributed by atoms with Gasteiger partial charge in [0.15, 0.2) is 6.61 Å². The first-order valence-corrected chi connectivity index (χ1v) is 11.6. The summed E-state index contributed by atoms with van der Waals surface area (Å²) in [7, 11) is 1.55. The average Bonchev–Trinajstić information content (AvgIpc) is 2.73. The first kappa shape index (κ1) is 25.5. The molecular weight excluding hydrogens is 503 g/mol. The van der Waals surface area contributed by atoms with Crippen molar-refractivity contribution in [3.63, 3.8) is 0 Å². The summed E-state index contributed by atoms with van der Waals surface area (Å²) in [6.45, 7) is 6.02. The first-order valence-electron chi connectivity index (χ1n) is 10.0. The van der Waals surface area contributed by atoms with E-state index in [0.717, 1.165) is 10.0 Å². The van der Waals surface area contributed by atoms with Gasteiger partial charge in [0, 0.05) is 23.6 Å². The minimum atomic E-state index is -0.653. The van der Waals surface area contributed by atoms with E-state index in [2.05, 4.69) is 35.1 Å². The molecule has 0 aliphatic rings. The topological polar surface area (TPSA) is 58.6 Å². The molecule has 8 heteroatoms. The third kappa shape index (κ3) is 6.86. The zero-order valence-corrected chi connectivity index (χ0v) is 21.1. The highest BCUT2D eigenvalue weighted by Gasteiger charge is 2.29. The molecule has 2 aromatic rings. The fourth-order valence-electron chi connectivity index (χ4n) is 3.14. The number of amides is 2. The molecule has 0 aromatic heterocycles. The molecular formula is C23H27BrCl2N2O3. The van der Waals surface area contributed by atoms with Crippen LogP contribution in [0.4, 0.5) is 0 Å². The minimum Gasteiger partial charge on any atom is -0.483 e. The number of benzene rings is 2. The van der Waals surface area contributed by atoms with Gasteiger partial charge in [-0.15, -0.1) is 0 Å². The fourth-order valence-corrected chi connectivity index (χ4v) is 4.11. The molecule has 0 spiro atoms. The molecule has 0 aliphatic carbocycles. The Labute approximate surface area is 202 Å². The van der Waals surface area contributed by atoms with Gasteiger partial charge in [-0.25, -0.2) is 0 Å². The van der Waals surface area contributed by atoms with Gasteiger partial charge in [-0.1, -0.05) is 56.1 Å². The highest BCUT2D eigenvalue weighted by atomic mass is 79.9. The molecule has 1 N–H and O–H groups in total. The van der Waals surface area contributed by atoms with Crippen molar-refractivity contribution in [1.82, 2.24) is 10.2 Å². The SMILES string of the molecule is CCC(C(=O)NC)N(Cc1ccc(Cl)cc1Cl)C(=O)COc1ccc(C(C)C)cc1Br. The number of rotatable bonds is 9. The van der Waals surface area contributed by atoms with Crippen molar-refractivity contribution in [2.24, 2.45) is 0 Å². The number of hydrogen-bond acceptors (Lipinski definition) is 3. The van der Waals surface area contributed by atoms with Gasteiger partial charge in [0.05, 0.1) is 4.47 Å². The maximum absolute atomic E-state index is 13.1. The summed E-state index contributed by atoms with van der Waals surface area (Å²) in [6, 6.07) is 10.2. The number of nitrogens with zero attached hydrogens (tertiary/aromatic N) is 1. The molecule has 5 nitrogen and oxygen atoms in total. The van der Waals surface area contributed by atoms with E-state index in [0.29, 0.717) is 33.7 Å². The van der Waals surface area contributed by atoms with Crippen LogP contribution in [-0.2, 0) is 16.1 Å². The van der Waals surface area contributed by atoms with Crippen LogP contribution in [0.2, 0.25) is 10.0 Å². The molecule has 1 atom stereocenters. The van der Waals surface area contributed by atoms with E-state index in [1.807, 2.05) is 25.1 Å². The third-order valence-corrected chi connectivity index (χ3v) is 6.17. The largest absolute Gasteiger partial charge is 0.483 e. The van der Waals surface area contributed by atoms with Crippen molar-refractivity contribution in [3.05, 3.63) is 62.0 Å². The monoisotopic (exact) mass is 528 g/mol. The van der Waals surface area contributed by atoms with Gasteiger partial charge < -0.3 is 15.0 Å². The lowest BCUT2D eigenvalue weighted by molar-refractivity contribution is -0.142. The predicted molar refractivity (Wildman–Crippen MR) is 129 cm³/mol. The molecule has 168 valence electrons. The molecule has 0 saturated carbocycles. The average molecular weight is 530 g/mol. The van der Waals surface area contributed by atoms with E-state index >= 15 is 0 Å². The van der Waals surface area contributed by atoms with E-state index in [1.165, 1.54) is 4.90 Å². The summed E-state index contributed by atoms with van der Waals surface area (Å²) >= 11 is 15.8. The van der Waals surface area contributed by atoms with E-state index < -0.39 is 6.04 Å². The number of ether oxygens (including phenoxy) is 1. The Bertz CT molecular complexity index is 937. The molecule has 0 heterocycles. The quantitative estimate of drug-likeness (QED) is 0.445. The van der Waals surface area contributed by atoms with Crippen LogP contribution >= 0.6 is 39.1 Å². The molecule has 0 aliphatic heterocycles. The number of likely N-dealkylation sites (N-methyl/N-ethyl adjacent to an activating group) is 1. The maximum Gasteiger partial charge on any atom is 0.261 e. The zero-order chi connectivity index (χ0) is 23.1. The van der Waals surface area contributed by atoms with Gasteiger partial charge in [0.1, 0.15) is 11.8 Å². The highest BCUT2D eigenvalue weighted by Crippen LogP contribution is 2.29. The maximum atomic E-state index is 13.1. The molecule has 1 unspecified atom stereocenters. The number of carbonyl (C=O) groups excluding carboxylic acids is 2. The highest BCUT2D eigenvalue weighted by molar-refractivity contribution is 9.10. The van der Waals surface area contributed by atoms with E-state index in [-0.39, 0.29) is 25.0 Å². The Morgan fingerprint density at radius 1 is 1.16 bits per heavy atom. The van der Waals surface area contributed by atoms with Crippen LogP contribution in [0.15, 0.2) is 40.9 Å². The van der Waals surface area contributed by atoms with Crippen molar-refractivity contribution in [2.45, 2.75) is 45.7 Å². The van der Waals surface area contributed by atoms with Crippen LogP contribution in [-0.4, -0.2) is 36.4 Å². The molecule has 0 fully saturated rings. The van der Waals surface area contributed by atoms with Crippen molar-refractivity contribution in [3.8, 4) is 5.75 Å². The van der Waals surface area contributed by atoms with E-state index in [9.17, 15) is 9.59 Å². The van der Waals surface area contributed by atoms with Crippen molar-refractivity contribution < 1.29 is 14.3 Å². The first-order chi connectivity index (χ1) is 14.7. The van der Waals surface area contributed by atoms with E-state index in [4.69, 9.17) is 27.9 Å². The third-order valence-electron chi connectivity index (χ3n) is 4.96. The predicted octanol–water partition coefficient (Wildman–Crippen LogP) is 5.81. The van der Waals surface area contributed by atoms with Crippen LogP contribution < -0.4 is 10.1 Å². The standard InChI is InChI=1S/C23H27BrCl2N2O3/c1-5-20(23(30)27-4)28(12-16-6-8-17(25)11-19(16)26)22(29)13-31-21-9-7-15(14(2)3)10-18(21)24/h6-11,14,20H,5,12-13H2,1-4H3,(H,27,30). The van der Waals surface area contributed by atoms with Gasteiger partial charge in [0.2, 0.25) is 5.91 Å². The molecule has 0 saturated heterocycles. The lowest BCUT2D eigenvalue weighted by atomic mass is 10.0. The van der Waals surface area contributed by atoms with Crippen LogP contribution in [0.25, 0.3) is 0 Å². The summed E-state index contributed by atoms with van der Waals surface area (Å²) < 4.78 is 6.56. The minimum absolute atomic E-state index is 0.164. The van der Waals surface area contributed by atoms with Crippen LogP contribution in [0, 0.1) is 0 Å². The van der Waals surface area contributed by atoms with Crippen molar-refractivity contribution in [2.75, 3.05) is 13.7 Å². The van der Waals surface area contributed by atoms with Crippen LogP contribution in [0.5, 0.6) is 5.75 Å². The van der Waals surface area contributed by atoms with Crippen molar-refractivity contribution >= 4 is 50.9 Å². The Balaban J connectivity index is 2.24. The number of nitrogens with one attached hydrogen (secondary N) is 1. The summed E-state index contributed by atoms with van der Waals surface area (Å²) in [4.78, 5) is 27.1. The second kappa shape index (κ2) is 11.7. The normalized spacial score (nSPS) is 11.9. The molecule has 0 radical (unpaired) electrons. The molecule has 2 rings (SSSR count). The van der Waals surface area contributed by atoms with Gasteiger partial charge in [-0.05, 0) is 63.7 Å². The summed E-state index contributed by atoms with van der Waals surface area (Å²) in [5, 5.41) is 3.56. The Morgan fingerprint density at radius 3 is 2.42 bits per heavy atom. The van der Waals surface area contributed by atoms with Gasteiger partial charge >= 0.3 is 0 Å². The summed E-state index contributed by atoms with van der Waals surface area (Å²) in [5.74, 6) is 0.379. The van der Waals surface area contributed by atoms with Gasteiger partial charge in [-0.2, -0.15) is 0 Å². The second-order valence-corrected chi connectivity index (χ2v) is 9.13. The lowest BCUT2D eigenvalue weighted by Gasteiger charge is -2.30. The lowest BCUT2D eigenvalue weighted by Crippen LogP contribution is -2.49. The number of carbonyl (C=O) groups is 2. The Hall–Kier alpha value is -1.76. The summed E-state index contributed by atoms with van der Waals surface area (Å²) in [5.41, 5.74) is 1.86. The number of hydrogen-bond donors (Lipinski definition) is 1. The molecule has 2 amide bonds. The smallest absolute Gasteiger partial charge is 0.261 e. The van der Waals surface area contributed by atoms with Gasteiger partial charge in [-0.3, -0.25) is 9.59 Å². The molecule has 31 heavy (non-hydrogen) atoms. The fraction of sp³-hybridized carbons (Fsp3) is 0.391. The van der Waals surface area contributed by atoms with Crippen LogP contribution in [0.3, 0.4) is 0 Å². The summed E-state index contributed by atoms with van der Waals surface area (Å²) in [6.07, 6.45) is 0.448. The zero-order valence-electron chi connectivity index (χ0n) is 18.0. The molecule has 0 bridgehead atoms. The second-order valence-electron chi connectivity index (χ2n) is 7.43. The number of halogens is 3. The Kier molecular flexibility index (Phi) is 9.66. The Morgan fingerprint density at radius 2 is 1.87 bits per heavy atom.